The minimum atomic E-state index is -0.517. The molecule has 1 aliphatic heterocycles. The molecular formula is C15H21FN2OS. The summed E-state index contributed by atoms with van der Waals surface area (Å²) in [6.07, 6.45) is 4.65. The van der Waals surface area contributed by atoms with E-state index >= 15 is 0 Å². The molecule has 0 N–H and O–H groups in total. The van der Waals surface area contributed by atoms with Crippen LogP contribution in [-0.4, -0.2) is 54.2 Å². The molecule has 0 radical (unpaired) electrons. The minimum Gasteiger partial charge on any atom is -0.339 e. The predicted molar refractivity (Wildman–Crippen MR) is 84.2 cm³/mol. The first-order valence-electron chi connectivity index (χ1n) is 6.48. The summed E-state index contributed by atoms with van der Waals surface area (Å²) in [5.41, 5.74) is 0. The van der Waals surface area contributed by atoms with E-state index in [1.54, 1.807) is 0 Å². The molecule has 0 aromatic heterocycles. The summed E-state index contributed by atoms with van der Waals surface area (Å²) in [4.78, 5) is 16.8. The molecule has 0 spiro atoms. The molecule has 0 atom stereocenters. The number of rotatable bonds is 7. The molecule has 0 aromatic rings. The smallest absolute Gasteiger partial charge is 0.233 e. The van der Waals surface area contributed by atoms with Crippen LogP contribution in [0.1, 0.15) is 0 Å². The molecule has 5 heteroatoms. The van der Waals surface area contributed by atoms with Crippen LogP contribution in [0.4, 0.5) is 4.39 Å². The molecule has 1 rings (SSSR count). The minimum absolute atomic E-state index is 0.0990. The number of carbonyl (C=O) groups is 1. The standard InChI is InChI=1S/C15H21FN2OS/c1-4-7-17-8-10-18(11-9-17)15(19)12-20-14(3)6-5-13(2)16/h4-6H,1-3,7-12H2/b6-5-. The van der Waals surface area contributed by atoms with Gasteiger partial charge in [-0.1, -0.05) is 19.2 Å². The summed E-state index contributed by atoms with van der Waals surface area (Å²) in [6.45, 7) is 14.7. The van der Waals surface area contributed by atoms with Crippen LogP contribution < -0.4 is 0 Å². The van der Waals surface area contributed by atoms with Gasteiger partial charge in [-0.15, -0.1) is 18.3 Å². The van der Waals surface area contributed by atoms with E-state index < -0.39 is 5.83 Å². The molecule has 110 valence electrons. The maximum Gasteiger partial charge on any atom is 0.233 e. The zero-order valence-corrected chi connectivity index (χ0v) is 12.5. The van der Waals surface area contributed by atoms with Crippen LogP contribution in [0.25, 0.3) is 0 Å². The number of carbonyl (C=O) groups excluding carboxylic acids is 1. The van der Waals surface area contributed by atoms with Crippen molar-refractivity contribution >= 4 is 17.7 Å². The normalized spacial score (nSPS) is 16.4. The van der Waals surface area contributed by atoms with E-state index in [1.807, 2.05) is 11.0 Å². The van der Waals surface area contributed by atoms with Crippen molar-refractivity contribution in [1.29, 1.82) is 0 Å². The topological polar surface area (TPSA) is 23.6 Å². The van der Waals surface area contributed by atoms with E-state index in [-0.39, 0.29) is 5.91 Å². The fourth-order valence-electron chi connectivity index (χ4n) is 1.84. The van der Waals surface area contributed by atoms with Crippen LogP contribution in [0.15, 0.2) is 48.7 Å². The number of piperazine rings is 1. The van der Waals surface area contributed by atoms with Gasteiger partial charge in [0.15, 0.2) is 0 Å². The Morgan fingerprint density at radius 2 is 1.85 bits per heavy atom. The van der Waals surface area contributed by atoms with Gasteiger partial charge in [0.05, 0.1) is 5.75 Å². The Kier molecular flexibility index (Phi) is 7.33. The van der Waals surface area contributed by atoms with Crippen LogP contribution in [0.5, 0.6) is 0 Å². The summed E-state index contributed by atoms with van der Waals surface area (Å²) in [6, 6.07) is 0. The highest BCUT2D eigenvalue weighted by atomic mass is 32.2. The second kappa shape index (κ2) is 8.76. The van der Waals surface area contributed by atoms with E-state index in [1.165, 1.54) is 23.9 Å². The lowest BCUT2D eigenvalue weighted by molar-refractivity contribution is -0.129. The van der Waals surface area contributed by atoms with Crippen LogP contribution in [0, 0.1) is 0 Å². The molecule has 0 unspecified atom stereocenters. The second-order valence-electron chi connectivity index (χ2n) is 4.51. The highest BCUT2D eigenvalue weighted by Gasteiger charge is 2.20. The first-order valence-corrected chi connectivity index (χ1v) is 7.46. The molecule has 0 bridgehead atoms. The molecule has 1 fully saturated rings. The Hall–Kier alpha value is -1.33. The molecule has 1 saturated heterocycles. The molecule has 1 aliphatic rings. The second-order valence-corrected chi connectivity index (χ2v) is 5.61. The van der Waals surface area contributed by atoms with E-state index in [9.17, 15) is 9.18 Å². The quantitative estimate of drug-likeness (QED) is 0.533. The Morgan fingerprint density at radius 1 is 1.20 bits per heavy atom. The lowest BCUT2D eigenvalue weighted by Gasteiger charge is -2.34. The Bertz CT molecular complexity index is 412. The SMILES string of the molecule is C=CCN1CCN(C(=O)CSC(=C)/C=C\C(=C)F)CC1. The molecular weight excluding hydrogens is 275 g/mol. The summed E-state index contributed by atoms with van der Waals surface area (Å²) in [5.74, 6) is -0.0815. The highest BCUT2D eigenvalue weighted by molar-refractivity contribution is 8.03. The van der Waals surface area contributed by atoms with Crippen molar-refractivity contribution in [3.05, 3.63) is 48.7 Å². The average molecular weight is 296 g/mol. The molecule has 3 nitrogen and oxygen atoms in total. The van der Waals surface area contributed by atoms with Gasteiger partial charge in [-0.2, -0.15) is 0 Å². The van der Waals surface area contributed by atoms with Gasteiger partial charge in [-0.25, -0.2) is 4.39 Å². The number of halogens is 1. The highest BCUT2D eigenvalue weighted by Crippen LogP contribution is 2.16. The van der Waals surface area contributed by atoms with Crippen molar-refractivity contribution in [3.63, 3.8) is 0 Å². The van der Waals surface area contributed by atoms with Gasteiger partial charge in [-0.05, 0) is 12.2 Å². The maximum atomic E-state index is 12.4. The van der Waals surface area contributed by atoms with E-state index in [0.717, 1.165) is 32.7 Å². The number of hydrogen-bond donors (Lipinski definition) is 0. The average Bonchev–Trinajstić information content (AvgIpc) is 2.43. The van der Waals surface area contributed by atoms with Gasteiger partial charge < -0.3 is 4.90 Å². The van der Waals surface area contributed by atoms with Crippen LogP contribution in [-0.2, 0) is 4.79 Å². The van der Waals surface area contributed by atoms with E-state index in [4.69, 9.17) is 0 Å². The summed E-state index contributed by atoms with van der Waals surface area (Å²) in [5, 5.41) is 0. The zero-order chi connectivity index (χ0) is 15.0. The van der Waals surface area contributed by atoms with Crippen molar-refractivity contribution < 1.29 is 9.18 Å². The summed E-state index contributed by atoms with van der Waals surface area (Å²) >= 11 is 1.32. The Morgan fingerprint density at radius 3 is 2.40 bits per heavy atom. The van der Waals surface area contributed by atoms with Crippen molar-refractivity contribution in [1.82, 2.24) is 9.80 Å². The lowest BCUT2D eigenvalue weighted by Crippen LogP contribution is -2.49. The van der Waals surface area contributed by atoms with Gasteiger partial charge in [0, 0.05) is 37.6 Å². The zero-order valence-electron chi connectivity index (χ0n) is 11.7. The van der Waals surface area contributed by atoms with Crippen molar-refractivity contribution in [2.45, 2.75) is 0 Å². The van der Waals surface area contributed by atoms with Crippen molar-refractivity contribution in [3.8, 4) is 0 Å². The van der Waals surface area contributed by atoms with Gasteiger partial charge in [0.1, 0.15) is 5.83 Å². The maximum absolute atomic E-state index is 12.4. The number of amides is 1. The lowest BCUT2D eigenvalue weighted by atomic mass is 10.3. The number of allylic oxidation sites excluding steroid dienone is 3. The van der Waals surface area contributed by atoms with Gasteiger partial charge in [0.2, 0.25) is 5.91 Å². The predicted octanol–water partition coefficient (Wildman–Crippen LogP) is 2.60. The fraction of sp³-hybridized carbons (Fsp3) is 0.400. The summed E-state index contributed by atoms with van der Waals surface area (Å²) < 4.78 is 12.4. The van der Waals surface area contributed by atoms with Gasteiger partial charge in [0.25, 0.3) is 0 Å². The number of hydrogen-bond acceptors (Lipinski definition) is 3. The molecule has 1 heterocycles. The van der Waals surface area contributed by atoms with Crippen LogP contribution in [0.2, 0.25) is 0 Å². The van der Waals surface area contributed by atoms with E-state index in [0.29, 0.717) is 10.7 Å². The van der Waals surface area contributed by atoms with Crippen LogP contribution >= 0.6 is 11.8 Å². The molecule has 0 aromatic carbocycles. The summed E-state index contributed by atoms with van der Waals surface area (Å²) in [7, 11) is 0. The Balaban J connectivity index is 2.28. The largest absolute Gasteiger partial charge is 0.339 e. The first kappa shape index (κ1) is 16.7. The van der Waals surface area contributed by atoms with E-state index in [2.05, 4.69) is 24.6 Å². The van der Waals surface area contributed by atoms with Crippen LogP contribution in [0.3, 0.4) is 0 Å². The molecule has 1 amide bonds. The van der Waals surface area contributed by atoms with Gasteiger partial charge in [-0.3, -0.25) is 9.69 Å². The van der Waals surface area contributed by atoms with Crippen molar-refractivity contribution in [2.24, 2.45) is 0 Å². The molecule has 20 heavy (non-hydrogen) atoms. The van der Waals surface area contributed by atoms with Gasteiger partial charge >= 0.3 is 0 Å². The fourth-order valence-corrected chi connectivity index (χ4v) is 2.50. The third kappa shape index (κ3) is 6.21. The first-order chi connectivity index (χ1) is 9.52. The number of thioether (sulfide) groups is 1. The third-order valence-electron chi connectivity index (χ3n) is 2.94. The van der Waals surface area contributed by atoms with Crippen molar-refractivity contribution in [2.75, 3.05) is 38.5 Å². The Labute approximate surface area is 124 Å². The monoisotopic (exact) mass is 296 g/mol. The molecule has 0 aliphatic carbocycles. The molecule has 0 saturated carbocycles. The number of nitrogens with zero attached hydrogens (tertiary/aromatic N) is 2. The third-order valence-corrected chi connectivity index (χ3v) is 3.84.